The van der Waals surface area contributed by atoms with Gasteiger partial charge in [-0.1, -0.05) is 0 Å². The fourth-order valence-electron chi connectivity index (χ4n) is 8.93. The Hall–Kier alpha value is -1.20. The standard InChI is InChI=1S/C36H60O30/c37-1-7-25-13(43)19(49)31(55-7)62-26-8(2-38)57-33(21(51)15(26)45)64-28-10(4-40)59-35(23(53)17(28)47)66-30-12(6-42)60-36(24(54)18(30)48)65-29-11(5-41)58-34(22(52)16(29)46)63-27-9(3-39)56-32(61-25)20(50)14(27)44/h7-54H,1-6H2/t7-,8-,9-,10+,11+,12+,13-,14-,15-,16+,17+,18+,19-,20-,21-,22+,23+,24+,25-,26-,27-,28+,29+,30+,31-,32-,33-,34+,35+,36+. The molecular formula is C36H60O30. The molecule has 22 aliphatic heterocycles. The molecule has 0 aromatic rings. The summed E-state index contributed by atoms with van der Waals surface area (Å²) in [6.45, 7) is -5.99. The van der Waals surface area contributed by atoms with Gasteiger partial charge in [-0.15, -0.1) is 0 Å². The Morgan fingerprint density at radius 1 is 0.182 bits per heavy atom. The van der Waals surface area contributed by atoms with Crippen LogP contribution in [0, 0.1) is 0 Å². The Balaban J connectivity index is 1.19. The third-order valence-corrected chi connectivity index (χ3v) is 12.7. The largest absolute Gasteiger partial charge is 0.394 e. The van der Waals surface area contributed by atoms with Crippen LogP contribution in [0.4, 0.5) is 0 Å². The molecule has 0 spiro atoms. The van der Waals surface area contributed by atoms with E-state index >= 15 is 0 Å². The van der Waals surface area contributed by atoms with E-state index in [1.54, 1.807) is 0 Å². The summed E-state index contributed by atoms with van der Waals surface area (Å²) in [5, 5.41) is 196. The Morgan fingerprint density at radius 3 is 0.409 bits per heavy atom. The molecule has 0 amide bonds. The average Bonchev–Trinajstić information content (AvgIpc) is 3.31. The van der Waals surface area contributed by atoms with Gasteiger partial charge in [0, 0.05) is 0 Å². The molecule has 30 atom stereocenters. The molecule has 30 heteroatoms. The maximum absolute atomic E-state index is 11.2. The van der Waals surface area contributed by atoms with Crippen molar-refractivity contribution in [2.75, 3.05) is 39.6 Å². The van der Waals surface area contributed by atoms with Crippen LogP contribution in [0.2, 0.25) is 0 Å². The highest BCUT2D eigenvalue weighted by Crippen LogP contribution is 2.38. The number of hydrogen-bond donors (Lipinski definition) is 18. The zero-order valence-corrected chi connectivity index (χ0v) is 34.5. The Bertz CT molecular complexity index is 1230. The number of hydrogen-bond acceptors (Lipinski definition) is 30. The van der Waals surface area contributed by atoms with Crippen LogP contribution in [0.15, 0.2) is 0 Å². The molecule has 12 bridgehead atoms. The normalized spacial score (nSPS) is 55.4. The van der Waals surface area contributed by atoms with Gasteiger partial charge in [0.2, 0.25) is 0 Å². The summed E-state index contributed by atoms with van der Waals surface area (Å²) in [5.41, 5.74) is 0. The Labute approximate surface area is 372 Å². The second-order valence-electron chi connectivity index (χ2n) is 16.8. The molecule has 0 unspecified atom stereocenters. The highest BCUT2D eigenvalue weighted by molar-refractivity contribution is 5.01. The second-order valence-corrected chi connectivity index (χ2v) is 16.8. The number of aliphatic hydroxyl groups is 18. The molecule has 66 heavy (non-hydrogen) atoms. The monoisotopic (exact) mass is 972 g/mol. The third kappa shape index (κ3) is 10.0. The second kappa shape index (κ2) is 22.1. The lowest BCUT2D eigenvalue weighted by molar-refractivity contribution is -0.404. The molecule has 0 saturated carbocycles. The van der Waals surface area contributed by atoms with Crippen LogP contribution in [-0.2, 0) is 56.8 Å². The predicted molar refractivity (Wildman–Crippen MR) is 196 cm³/mol. The molecule has 22 aliphatic rings. The molecule has 30 nitrogen and oxygen atoms in total. The van der Waals surface area contributed by atoms with Crippen LogP contribution in [0.25, 0.3) is 0 Å². The summed E-state index contributed by atoms with van der Waals surface area (Å²) in [4.78, 5) is 0. The van der Waals surface area contributed by atoms with Crippen molar-refractivity contribution in [3.63, 3.8) is 0 Å². The summed E-state index contributed by atoms with van der Waals surface area (Å²) in [7, 11) is 0. The van der Waals surface area contributed by atoms with Crippen molar-refractivity contribution in [1.29, 1.82) is 0 Å². The minimum absolute atomic E-state index is 0.999. The molecule has 22 fully saturated rings. The molecule has 22 saturated heterocycles. The first-order chi connectivity index (χ1) is 31.4. The van der Waals surface area contributed by atoms with Crippen molar-refractivity contribution in [1.82, 2.24) is 0 Å². The quantitative estimate of drug-likeness (QED) is 0.117. The van der Waals surface area contributed by atoms with Gasteiger partial charge in [-0.2, -0.15) is 0 Å². The minimum Gasteiger partial charge on any atom is -0.394 e. The van der Waals surface area contributed by atoms with Crippen LogP contribution in [-0.4, -0.2) is 316 Å². The van der Waals surface area contributed by atoms with E-state index in [2.05, 4.69) is 0 Å². The van der Waals surface area contributed by atoms with Gasteiger partial charge in [-0.3, -0.25) is 0 Å². The summed E-state index contributed by atoms with van der Waals surface area (Å²) in [5.74, 6) is 0. The maximum atomic E-state index is 11.2. The van der Waals surface area contributed by atoms with Crippen molar-refractivity contribution in [3.8, 4) is 0 Å². The SMILES string of the molecule is OC[C@@H]1O[C@H]2O[C@@H]3[C@@H](O)[C@H](O)[C@H](O[C@H]4[C@H](O)[C@@H](O)[C@@H](O[C@H]5[C@H](O)[C@@H](O)[C@@H](O[C@H]6[C@H](O)[C@@H](O)[C@@H](O[C@@H]7[C@@H](O)[C@H](O)[C@H](O[C@@H]1[C@@H](O)[C@@H]2O)O[C@H]7CO)O[C@@H]6CO)O[C@@H]5CO)O[C@@H]4CO)O[C@H]3CO. The lowest BCUT2D eigenvalue weighted by Gasteiger charge is -2.50. The van der Waals surface area contributed by atoms with Gasteiger partial charge in [0.05, 0.1) is 39.6 Å². The fraction of sp³-hybridized carbons (Fsp3) is 1.00. The summed E-state index contributed by atoms with van der Waals surface area (Å²) in [6, 6.07) is 0. The smallest absolute Gasteiger partial charge is 0.187 e. The van der Waals surface area contributed by atoms with Crippen LogP contribution in [0.5, 0.6) is 0 Å². The predicted octanol–water partition coefficient (Wildman–Crippen LogP) is -13.1. The van der Waals surface area contributed by atoms with E-state index in [4.69, 9.17) is 56.8 Å². The van der Waals surface area contributed by atoms with Gasteiger partial charge in [0.15, 0.2) is 37.7 Å². The van der Waals surface area contributed by atoms with Crippen LogP contribution in [0.1, 0.15) is 0 Å². The Kier molecular flexibility index (Phi) is 17.6. The summed E-state index contributed by atoms with van der Waals surface area (Å²) >= 11 is 0. The molecule has 22 rings (SSSR count). The van der Waals surface area contributed by atoms with Gasteiger partial charge in [-0.25, -0.2) is 0 Å². The average molecular weight is 973 g/mol. The van der Waals surface area contributed by atoms with Crippen molar-refractivity contribution < 1.29 is 149 Å². The van der Waals surface area contributed by atoms with E-state index in [1.807, 2.05) is 0 Å². The molecule has 0 aromatic heterocycles. The summed E-state index contributed by atoms with van der Waals surface area (Å²) in [6.07, 6.45) is -58.5. The molecular weight excluding hydrogens is 912 g/mol. The van der Waals surface area contributed by atoms with Gasteiger partial charge >= 0.3 is 0 Å². The zero-order chi connectivity index (χ0) is 48.0. The van der Waals surface area contributed by atoms with Gasteiger partial charge in [0.25, 0.3) is 0 Å². The van der Waals surface area contributed by atoms with E-state index in [0.717, 1.165) is 0 Å². The van der Waals surface area contributed by atoms with E-state index in [1.165, 1.54) is 0 Å². The van der Waals surface area contributed by atoms with Crippen molar-refractivity contribution in [2.45, 2.75) is 184 Å². The lowest BCUT2D eigenvalue weighted by atomic mass is 9.94. The molecule has 22 heterocycles. The fourth-order valence-corrected chi connectivity index (χ4v) is 8.93. The maximum Gasteiger partial charge on any atom is 0.187 e. The third-order valence-electron chi connectivity index (χ3n) is 12.7. The van der Waals surface area contributed by atoms with E-state index in [9.17, 15) is 91.9 Å². The highest BCUT2D eigenvalue weighted by atomic mass is 16.8. The number of aliphatic hydroxyl groups excluding tert-OH is 18. The van der Waals surface area contributed by atoms with Crippen molar-refractivity contribution >= 4 is 0 Å². The lowest BCUT2D eigenvalue weighted by Crippen LogP contribution is -2.69. The van der Waals surface area contributed by atoms with E-state index in [0.29, 0.717) is 0 Å². The molecule has 18 N–H and O–H groups in total. The van der Waals surface area contributed by atoms with Crippen LogP contribution >= 0.6 is 0 Å². The van der Waals surface area contributed by atoms with E-state index < -0.39 is 224 Å². The topological polar surface area (TPSA) is 475 Å². The zero-order valence-electron chi connectivity index (χ0n) is 34.5. The van der Waals surface area contributed by atoms with Crippen molar-refractivity contribution in [3.05, 3.63) is 0 Å². The first-order valence-corrected chi connectivity index (χ1v) is 21.1. The number of ether oxygens (including phenoxy) is 12. The van der Waals surface area contributed by atoms with Gasteiger partial charge in [0.1, 0.15) is 146 Å². The minimum atomic E-state index is -2.15. The van der Waals surface area contributed by atoms with Crippen LogP contribution in [0.3, 0.4) is 0 Å². The summed E-state index contributed by atoms with van der Waals surface area (Å²) < 4.78 is 67.9. The van der Waals surface area contributed by atoms with E-state index in [-0.39, 0.29) is 0 Å². The highest BCUT2D eigenvalue weighted by Gasteiger charge is 2.58. The van der Waals surface area contributed by atoms with Gasteiger partial charge in [-0.05, 0) is 0 Å². The van der Waals surface area contributed by atoms with Crippen LogP contribution < -0.4 is 0 Å². The molecule has 0 radical (unpaired) electrons. The first-order valence-electron chi connectivity index (χ1n) is 21.1. The number of rotatable bonds is 6. The Morgan fingerprint density at radius 2 is 0.303 bits per heavy atom. The van der Waals surface area contributed by atoms with Gasteiger partial charge < -0.3 is 149 Å². The molecule has 0 aromatic carbocycles. The first kappa shape index (κ1) is 52.6. The van der Waals surface area contributed by atoms with Crippen molar-refractivity contribution in [2.24, 2.45) is 0 Å². The molecule has 0 aliphatic carbocycles. The molecule has 384 valence electrons.